The third-order valence-electron chi connectivity index (χ3n) is 4.21. The molecule has 0 aromatic carbocycles. The van der Waals surface area contributed by atoms with Gasteiger partial charge in [0.1, 0.15) is 0 Å². The molecule has 0 aliphatic rings. The van der Waals surface area contributed by atoms with Gasteiger partial charge in [0.2, 0.25) is 5.91 Å². The topological polar surface area (TPSA) is 184 Å². The highest BCUT2D eigenvalue weighted by Gasteiger charge is 2.18. The number of carbonyl (C=O) groups is 4. The number of carboxylic acids is 3. The van der Waals surface area contributed by atoms with E-state index < -0.39 is 43.4 Å². The Hall–Kier alpha value is -2.36. The van der Waals surface area contributed by atoms with E-state index in [0.717, 1.165) is 17.9 Å². The first-order chi connectivity index (χ1) is 16.7. The number of nitrogens with one attached hydrogen (secondary N) is 1. The lowest BCUT2D eigenvalue weighted by atomic mass is 10.3. The van der Waals surface area contributed by atoms with E-state index in [4.69, 9.17) is 34.3 Å². The molecule has 0 saturated carbocycles. The first-order valence-corrected chi connectivity index (χ1v) is 11.4. The fourth-order valence-corrected chi connectivity index (χ4v) is 2.71. The summed E-state index contributed by atoms with van der Waals surface area (Å²) >= 11 is 0. The molecule has 0 bridgehead atoms. The molecule has 0 saturated heterocycles. The molecule has 14 heteroatoms. The average molecular weight is 510 g/mol. The van der Waals surface area contributed by atoms with E-state index in [1.807, 2.05) is 6.92 Å². The van der Waals surface area contributed by atoms with E-state index in [9.17, 15) is 19.2 Å². The van der Waals surface area contributed by atoms with Crippen LogP contribution in [0, 0.1) is 0 Å². The molecule has 1 amide bonds. The fourth-order valence-electron chi connectivity index (χ4n) is 2.71. The van der Waals surface area contributed by atoms with Gasteiger partial charge in [-0.15, -0.1) is 0 Å². The van der Waals surface area contributed by atoms with Crippen molar-refractivity contribution in [3.05, 3.63) is 0 Å². The van der Waals surface area contributed by atoms with Crippen LogP contribution in [0.3, 0.4) is 0 Å². The smallest absolute Gasteiger partial charge is 0.317 e. The Morgan fingerprint density at radius 1 is 0.600 bits per heavy atom. The quantitative estimate of drug-likeness (QED) is 0.104. The summed E-state index contributed by atoms with van der Waals surface area (Å²) in [5, 5.41) is 29.4. The Balaban J connectivity index is 3.98. The summed E-state index contributed by atoms with van der Waals surface area (Å²) in [7, 11) is 0. The number of aliphatic carboxylic acids is 3. The summed E-state index contributed by atoms with van der Waals surface area (Å²) in [6.07, 6.45) is 0.973. The first kappa shape index (κ1) is 32.6. The van der Waals surface area contributed by atoms with Crippen molar-refractivity contribution in [1.82, 2.24) is 15.1 Å². The minimum atomic E-state index is -1.21. The zero-order chi connectivity index (χ0) is 26.3. The maximum absolute atomic E-state index is 12.1. The summed E-state index contributed by atoms with van der Waals surface area (Å²) in [5.41, 5.74) is 0. The normalized spacial score (nSPS) is 11.2. The molecule has 0 atom stereocenters. The van der Waals surface area contributed by atoms with Crippen molar-refractivity contribution in [1.29, 1.82) is 0 Å². The summed E-state index contributed by atoms with van der Waals surface area (Å²) in [5.74, 6) is -4.02. The van der Waals surface area contributed by atoms with Gasteiger partial charge in [-0.1, -0.05) is 6.92 Å². The van der Waals surface area contributed by atoms with Gasteiger partial charge in [0.25, 0.3) is 0 Å². The third-order valence-corrected chi connectivity index (χ3v) is 4.21. The molecule has 14 nitrogen and oxygen atoms in total. The summed E-state index contributed by atoms with van der Waals surface area (Å²) < 4.78 is 21.3. The first-order valence-electron chi connectivity index (χ1n) is 11.4. The zero-order valence-corrected chi connectivity index (χ0v) is 20.3. The van der Waals surface area contributed by atoms with Gasteiger partial charge in [0.15, 0.2) is 0 Å². The lowest BCUT2D eigenvalue weighted by Crippen LogP contribution is -2.45. The van der Waals surface area contributed by atoms with E-state index in [0.29, 0.717) is 39.6 Å². The van der Waals surface area contributed by atoms with Crippen LogP contribution in [-0.2, 0) is 38.1 Å². The van der Waals surface area contributed by atoms with E-state index >= 15 is 0 Å². The van der Waals surface area contributed by atoms with Gasteiger partial charge >= 0.3 is 17.9 Å². The van der Waals surface area contributed by atoms with Crippen LogP contribution in [0.15, 0.2) is 0 Å². The van der Waals surface area contributed by atoms with Crippen LogP contribution >= 0.6 is 0 Å². The molecule has 35 heavy (non-hydrogen) atoms. The van der Waals surface area contributed by atoms with E-state index in [1.54, 1.807) is 0 Å². The molecule has 4 N–H and O–H groups in total. The Bertz CT molecular complexity index is 591. The van der Waals surface area contributed by atoms with Gasteiger partial charge in [-0.2, -0.15) is 0 Å². The minimum Gasteiger partial charge on any atom is -0.480 e. The molecule has 0 aromatic heterocycles. The third kappa shape index (κ3) is 23.2. The number of hydrogen-bond donors (Lipinski definition) is 4. The van der Waals surface area contributed by atoms with Crippen LogP contribution in [0.1, 0.15) is 13.3 Å². The fraction of sp³-hybridized carbons (Fsp3) is 0.810. The predicted octanol–water partition coefficient (Wildman–Crippen LogP) is -1.56. The van der Waals surface area contributed by atoms with Crippen molar-refractivity contribution in [2.75, 3.05) is 98.7 Å². The SMILES string of the molecule is CCCOCCOCCOCCOCCNC(=O)CN(CCN(CC(=O)O)CC(=O)O)CC(=O)O. The lowest BCUT2D eigenvalue weighted by Gasteiger charge is -2.24. The van der Waals surface area contributed by atoms with Crippen molar-refractivity contribution in [3.8, 4) is 0 Å². The number of hydrogen-bond acceptors (Lipinski definition) is 10. The Morgan fingerprint density at radius 3 is 1.37 bits per heavy atom. The van der Waals surface area contributed by atoms with Crippen molar-refractivity contribution in [2.24, 2.45) is 0 Å². The Labute approximate surface area is 205 Å². The maximum atomic E-state index is 12.1. The molecule has 0 fully saturated rings. The zero-order valence-electron chi connectivity index (χ0n) is 20.3. The number of nitrogens with zero attached hydrogens (tertiary/aromatic N) is 2. The summed E-state index contributed by atoms with van der Waals surface area (Å²) in [6, 6.07) is 0. The van der Waals surface area contributed by atoms with Crippen LogP contribution in [0.2, 0.25) is 0 Å². The highest BCUT2D eigenvalue weighted by molar-refractivity contribution is 5.79. The number of rotatable bonds is 25. The molecule has 0 aromatic rings. The Kier molecular flexibility index (Phi) is 20.6. The number of carboxylic acid groups (broad SMARTS) is 3. The standard InChI is InChI=1S/C21H39N3O11/c1-2-6-32-8-10-34-12-13-35-11-9-33-7-3-22-18(25)14-23(15-19(26)27)4-5-24(16-20(28)29)17-21(30)31/h2-17H2,1H3,(H,22,25)(H,26,27)(H,28,29)(H,30,31). The molecule has 0 unspecified atom stereocenters. The van der Waals surface area contributed by atoms with Crippen LogP contribution < -0.4 is 5.32 Å². The largest absolute Gasteiger partial charge is 0.480 e. The van der Waals surface area contributed by atoms with Crippen molar-refractivity contribution in [3.63, 3.8) is 0 Å². The number of amides is 1. The second-order valence-corrected chi connectivity index (χ2v) is 7.40. The second kappa shape index (κ2) is 22.1. The van der Waals surface area contributed by atoms with Crippen molar-refractivity contribution < 1.29 is 53.4 Å². The van der Waals surface area contributed by atoms with Gasteiger partial charge in [0.05, 0.1) is 72.4 Å². The number of ether oxygens (including phenoxy) is 4. The van der Waals surface area contributed by atoms with E-state index in [-0.39, 0.29) is 32.8 Å². The summed E-state index contributed by atoms with van der Waals surface area (Å²) in [6.45, 7) is 4.15. The highest BCUT2D eigenvalue weighted by Crippen LogP contribution is 1.94. The number of carbonyl (C=O) groups excluding carboxylic acids is 1. The molecule has 204 valence electrons. The molecular weight excluding hydrogens is 470 g/mol. The second-order valence-electron chi connectivity index (χ2n) is 7.40. The molecule has 0 spiro atoms. The summed E-state index contributed by atoms with van der Waals surface area (Å²) in [4.78, 5) is 47.3. The highest BCUT2D eigenvalue weighted by atomic mass is 16.6. The predicted molar refractivity (Wildman–Crippen MR) is 122 cm³/mol. The molecule has 0 heterocycles. The Morgan fingerprint density at radius 2 is 0.971 bits per heavy atom. The maximum Gasteiger partial charge on any atom is 0.317 e. The van der Waals surface area contributed by atoms with Crippen LogP contribution in [0.4, 0.5) is 0 Å². The van der Waals surface area contributed by atoms with Gasteiger partial charge in [0, 0.05) is 26.2 Å². The molecule has 0 radical (unpaired) electrons. The van der Waals surface area contributed by atoms with E-state index in [1.165, 1.54) is 4.90 Å². The van der Waals surface area contributed by atoms with Gasteiger partial charge in [-0.25, -0.2) is 0 Å². The molecule has 0 aliphatic carbocycles. The van der Waals surface area contributed by atoms with Gasteiger partial charge in [-0.05, 0) is 6.42 Å². The van der Waals surface area contributed by atoms with Gasteiger partial charge in [-0.3, -0.25) is 29.0 Å². The van der Waals surface area contributed by atoms with Crippen LogP contribution in [0.5, 0.6) is 0 Å². The average Bonchev–Trinajstić information content (AvgIpc) is 2.76. The molecule has 0 aliphatic heterocycles. The molecular formula is C21H39N3O11. The van der Waals surface area contributed by atoms with Crippen LogP contribution in [0.25, 0.3) is 0 Å². The van der Waals surface area contributed by atoms with Crippen LogP contribution in [-0.4, -0.2) is 148 Å². The van der Waals surface area contributed by atoms with Crippen molar-refractivity contribution in [2.45, 2.75) is 13.3 Å². The minimum absolute atomic E-state index is 0.00357. The van der Waals surface area contributed by atoms with E-state index in [2.05, 4.69) is 5.32 Å². The molecule has 0 rings (SSSR count). The lowest BCUT2D eigenvalue weighted by molar-refractivity contribution is -0.143. The van der Waals surface area contributed by atoms with Crippen molar-refractivity contribution >= 4 is 23.8 Å². The monoisotopic (exact) mass is 509 g/mol. The van der Waals surface area contributed by atoms with Gasteiger partial charge < -0.3 is 39.6 Å².